The number of carbonyl (C=O) groups is 1. The summed E-state index contributed by atoms with van der Waals surface area (Å²) in [5, 5.41) is 11.3. The monoisotopic (exact) mass is 453 g/mol. The van der Waals surface area contributed by atoms with Gasteiger partial charge in [-0.25, -0.2) is 0 Å². The number of carbonyl (C=O) groups excluding carboxylic acids is 1. The zero-order chi connectivity index (χ0) is 23.1. The summed E-state index contributed by atoms with van der Waals surface area (Å²) < 4.78 is 47.5. The van der Waals surface area contributed by atoms with Crippen LogP contribution in [-0.2, 0) is 0 Å². The fourth-order valence-electron chi connectivity index (χ4n) is 3.25. The molecule has 0 atom stereocenters. The standard InChI is InChI=1S/C21H22F3N3O5/c22-21(23,24)15-32-17-6-7-19(27(29)30)18(14-17)20(28)26-10-8-25(9-11-26)12-13-31-16-4-2-1-3-5-16/h1-7,14H,8-13,15H2. The van der Waals surface area contributed by atoms with Crippen LogP contribution in [0.15, 0.2) is 48.5 Å². The summed E-state index contributed by atoms with van der Waals surface area (Å²) in [6, 6.07) is 12.4. The predicted octanol–water partition coefficient (Wildman–Crippen LogP) is 3.37. The number of piperazine rings is 1. The Bertz CT molecular complexity index is 932. The van der Waals surface area contributed by atoms with Crippen LogP contribution in [0, 0.1) is 10.1 Å². The Morgan fingerprint density at radius 3 is 2.31 bits per heavy atom. The van der Waals surface area contributed by atoms with Gasteiger partial charge in [0, 0.05) is 38.8 Å². The van der Waals surface area contributed by atoms with Gasteiger partial charge in [0.15, 0.2) is 6.61 Å². The van der Waals surface area contributed by atoms with Gasteiger partial charge in [0.2, 0.25) is 0 Å². The number of alkyl halides is 3. The number of benzene rings is 2. The SMILES string of the molecule is O=C(c1cc(OCC(F)(F)F)ccc1[N+](=O)[O-])N1CCN(CCOc2ccccc2)CC1. The molecule has 32 heavy (non-hydrogen) atoms. The molecule has 1 fully saturated rings. The van der Waals surface area contributed by atoms with Gasteiger partial charge in [0.05, 0.1) is 4.92 Å². The summed E-state index contributed by atoms with van der Waals surface area (Å²) in [7, 11) is 0. The number of halogens is 3. The molecule has 8 nitrogen and oxygen atoms in total. The Kier molecular flexibility index (Phi) is 7.52. The molecule has 2 aromatic carbocycles. The second-order valence-corrected chi connectivity index (χ2v) is 7.14. The second kappa shape index (κ2) is 10.3. The smallest absolute Gasteiger partial charge is 0.422 e. The second-order valence-electron chi connectivity index (χ2n) is 7.14. The third-order valence-corrected chi connectivity index (χ3v) is 4.88. The molecule has 0 aromatic heterocycles. The van der Waals surface area contributed by atoms with E-state index in [0.29, 0.717) is 39.3 Å². The predicted molar refractivity (Wildman–Crippen MR) is 109 cm³/mol. The van der Waals surface area contributed by atoms with E-state index in [-0.39, 0.29) is 11.3 Å². The van der Waals surface area contributed by atoms with Gasteiger partial charge in [-0.3, -0.25) is 19.8 Å². The first-order valence-corrected chi connectivity index (χ1v) is 9.90. The first-order chi connectivity index (χ1) is 15.2. The van der Waals surface area contributed by atoms with E-state index in [1.807, 2.05) is 30.3 Å². The number of amides is 1. The minimum atomic E-state index is -4.56. The van der Waals surface area contributed by atoms with Crippen LogP contribution in [0.25, 0.3) is 0 Å². The molecular formula is C21H22F3N3O5. The van der Waals surface area contributed by atoms with E-state index in [2.05, 4.69) is 9.64 Å². The van der Waals surface area contributed by atoms with Crippen LogP contribution in [-0.4, -0.2) is 72.7 Å². The third kappa shape index (κ3) is 6.58. The highest BCUT2D eigenvalue weighted by Gasteiger charge is 2.31. The number of nitro benzene ring substituents is 1. The van der Waals surface area contributed by atoms with Gasteiger partial charge in [0.25, 0.3) is 11.6 Å². The molecule has 1 saturated heterocycles. The largest absolute Gasteiger partial charge is 0.492 e. The molecular weight excluding hydrogens is 431 g/mol. The van der Waals surface area contributed by atoms with Gasteiger partial charge in [0.1, 0.15) is 23.7 Å². The number of hydrogen-bond donors (Lipinski definition) is 0. The number of hydrogen-bond acceptors (Lipinski definition) is 6. The van der Waals surface area contributed by atoms with Gasteiger partial charge >= 0.3 is 6.18 Å². The topological polar surface area (TPSA) is 85.1 Å². The fourth-order valence-corrected chi connectivity index (χ4v) is 3.25. The van der Waals surface area contributed by atoms with Crippen molar-refractivity contribution in [3.05, 3.63) is 64.2 Å². The van der Waals surface area contributed by atoms with E-state index in [1.54, 1.807) is 0 Å². The molecule has 0 unspecified atom stereocenters. The summed E-state index contributed by atoms with van der Waals surface area (Å²) in [5.41, 5.74) is -0.774. The van der Waals surface area contributed by atoms with E-state index < -0.39 is 29.3 Å². The molecule has 0 spiro atoms. The van der Waals surface area contributed by atoms with Crippen molar-refractivity contribution in [2.24, 2.45) is 0 Å². The molecule has 0 aliphatic carbocycles. The van der Waals surface area contributed by atoms with Crippen molar-refractivity contribution >= 4 is 11.6 Å². The van der Waals surface area contributed by atoms with E-state index in [1.165, 1.54) is 4.90 Å². The normalized spacial score (nSPS) is 14.8. The lowest BCUT2D eigenvalue weighted by Gasteiger charge is -2.34. The van der Waals surface area contributed by atoms with Crippen molar-refractivity contribution in [3.8, 4) is 11.5 Å². The Labute approximate surface area is 182 Å². The average molecular weight is 453 g/mol. The minimum absolute atomic E-state index is 0.257. The van der Waals surface area contributed by atoms with Gasteiger partial charge in [-0.1, -0.05) is 18.2 Å². The Morgan fingerprint density at radius 1 is 1.00 bits per heavy atom. The molecule has 2 aromatic rings. The zero-order valence-electron chi connectivity index (χ0n) is 17.1. The van der Waals surface area contributed by atoms with Gasteiger partial charge in [-0.2, -0.15) is 13.2 Å². The molecule has 1 heterocycles. The highest BCUT2D eigenvalue weighted by atomic mass is 19.4. The number of nitro groups is 1. The van der Waals surface area contributed by atoms with Crippen molar-refractivity contribution in [1.82, 2.24) is 9.80 Å². The van der Waals surface area contributed by atoms with Gasteiger partial charge < -0.3 is 14.4 Å². The van der Waals surface area contributed by atoms with Crippen LogP contribution in [0.4, 0.5) is 18.9 Å². The third-order valence-electron chi connectivity index (χ3n) is 4.88. The summed E-state index contributed by atoms with van der Waals surface area (Å²) in [5.74, 6) is -0.108. The molecule has 3 rings (SSSR count). The van der Waals surface area contributed by atoms with Crippen molar-refractivity contribution in [2.45, 2.75) is 6.18 Å². The number of rotatable bonds is 8. The molecule has 1 aliphatic rings. The van der Waals surface area contributed by atoms with Crippen LogP contribution in [0.1, 0.15) is 10.4 Å². The lowest BCUT2D eigenvalue weighted by Crippen LogP contribution is -2.49. The maximum atomic E-state index is 12.9. The Morgan fingerprint density at radius 2 is 1.69 bits per heavy atom. The summed E-state index contributed by atoms with van der Waals surface area (Å²) >= 11 is 0. The Hall–Kier alpha value is -3.34. The zero-order valence-corrected chi connectivity index (χ0v) is 17.1. The number of para-hydroxylation sites is 1. The number of nitrogens with zero attached hydrogens (tertiary/aromatic N) is 3. The summed E-state index contributed by atoms with van der Waals surface area (Å²) in [6.07, 6.45) is -4.56. The first kappa shape index (κ1) is 23.3. The molecule has 0 radical (unpaired) electrons. The van der Waals surface area contributed by atoms with Crippen molar-refractivity contribution < 1.29 is 32.4 Å². The van der Waals surface area contributed by atoms with Crippen molar-refractivity contribution in [1.29, 1.82) is 0 Å². The summed E-state index contributed by atoms with van der Waals surface area (Å²) in [6.45, 7) is 1.32. The summed E-state index contributed by atoms with van der Waals surface area (Å²) in [4.78, 5) is 27.0. The van der Waals surface area contributed by atoms with Crippen LogP contribution in [0.2, 0.25) is 0 Å². The fraction of sp³-hybridized carbons (Fsp3) is 0.381. The maximum absolute atomic E-state index is 12.9. The molecule has 0 N–H and O–H groups in total. The van der Waals surface area contributed by atoms with E-state index in [9.17, 15) is 28.1 Å². The van der Waals surface area contributed by atoms with Crippen LogP contribution in [0.5, 0.6) is 11.5 Å². The maximum Gasteiger partial charge on any atom is 0.422 e. The molecule has 0 bridgehead atoms. The van der Waals surface area contributed by atoms with Crippen molar-refractivity contribution in [2.75, 3.05) is 45.9 Å². The lowest BCUT2D eigenvalue weighted by molar-refractivity contribution is -0.385. The number of ether oxygens (including phenoxy) is 2. The average Bonchev–Trinajstić information content (AvgIpc) is 2.77. The lowest BCUT2D eigenvalue weighted by atomic mass is 10.1. The van der Waals surface area contributed by atoms with Gasteiger partial charge in [-0.05, 0) is 24.3 Å². The van der Waals surface area contributed by atoms with Gasteiger partial charge in [-0.15, -0.1) is 0 Å². The quantitative estimate of drug-likeness (QED) is 0.450. The Balaban J connectivity index is 1.57. The van der Waals surface area contributed by atoms with Crippen LogP contribution < -0.4 is 9.47 Å². The molecule has 172 valence electrons. The van der Waals surface area contributed by atoms with Crippen molar-refractivity contribution in [3.63, 3.8) is 0 Å². The van der Waals surface area contributed by atoms with E-state index in [4.69, 9.17) is 4.74 Å². The molecule has 1 aliphatic heterocycles. The molecule has 1 amide bonds. The van der Waals surface area contributed by atoms with Crippen LogP contribution >= 0.6 is 0 Å². The minimum Gasteiger partial charge on any atom is -0.492 e. The highest BCUT2D eigenvalue weighted by Crippen LogP contribution is 2.27. The first-order valence-electron chi connectivity index (χ1n) is 9.90. The van der Waals surface area contributed by atoms with E-state index in [0.717, 1.165) is 23.9 Å². The molecule has 0 saturated carbocycles. The van der Waals surface area contributed by atoms with E-state index >= 15 is 0 Å². The molecule has 11 heteroatoms. The van der Waals surface area contributed by atoms with Crippen LogP contribution in [0.3, 0.4) is 0 Å². The highest BCUT2D eigenvalue weighted by molar-refractivity contribution is 5.98.